The third-order valence-corrected chi connectivity index (χ3v) is 3.81. The molecule has 0 bridgehead atoms. The van der Waals surface area contributed by atoms with Gasteiger partial charge in [0, 0.05) is 16.5 Å². The topological polar surface area (TPSA) is 81.8 Å². The standard InChI is InChI=1S/C14H8N2O4S/c17-14-11(8-10-6-7-12(21-10)16(18)19)13(15-20-14)9-4-2-1-3-5-9/h1-8H. The van der Waals surface area contributed by atoms with E-state index in [2.05, 4.69) is 5.16 Å². The number of nitrogens with zero attached hydrogens (tertiary/aromatic N) is 2. The number of rotatable bonds is 3. The maximum atomic E-state index is 11.8. The number of hydrogen-bond acceptors (Lipinski definition) is 6. The smallest absolute Gasteiger partial charge is 0.312 e. The van der Waals surface area contributed by atoms with Crippen LogP contribution in [-0.4, -0.2) is 16.6 Å². The minimum atomic E-state index is -0.565. The summed E-state index contributed by atoms with van der Waals surface area (Å²) in [7, 11) is 0. The van der Waals surface area contributed by atoms with Crippen molar-refractivity contribution in [2.24, 2.45) is 5.16 Å². The first-order chi connectivity index (χ1) is 10.1. The Morgan fingerprint density at radius 3 is 2.62 bits per heavy atom. The lowest BCUT2D eigenvalue weighted by Crippen LogP contribution is -2.06. The highest BCUT2D eigenvalue weighted by Crippen LogP contribution is 2.28. The average Bonchev–Trinajstić information content (AvgIpc) is 3.09. The summed E-state index contributed by atoms with van der Waals surface area (Å²) in [4.78, 5) is 27.3. The van der Waals surface area contributed by atoms with E-state index in [1.165, 1.54) is 6.07 Å². The predicted molar refractivity (Wildman–Crippen MR) is 78.0 cm³/mol. The van der Waals surface area contributed by atoms with Gasteiger partial charge in [-0.2, -0.15) is 0 Å². The summed E-state index contributed by atoms with van der Waals surface area (Å²) < 4.78 is 0. The molecular formula is C14H8N2O4S. The Labute approximate surface area is 123 Å². The molecule has 0 saturated heterocycles. The van der Waals surface area contributed by atoms with Crippen LogP contribution >= 0.6 is 11.3 Å². The maximum absolute atomic E-state index is 11.8. The van der Waals surface area contributed by atoms with Crippen LogP contribution in [0.3, 0.4) is 0 Å². The average molecular weight is 300 g/mol. The quantitative estimate of drug-likeness (QED) is 0.377. The molecule has 6 nitrogen and oxygen atoms in total. The first-order valence-corrected chi connectivity index (χ1v) is 6.78. The van der Waals surface area contributed by atoms with Crippen molar-refractivity contribution in [3.8, 4) is 0 Å². The van der Waals surface area contributed by atoms with E-state index in [-0.39, 0.29) is 10.6 Å². The Hall–Kier alpha value is -2.80. The molecule has 0 atom stereocenters. The molecule has 21 heavy (non-hydrogen) atoms. The van der Waals surface area contributed by atoms with E-state index in [4.69, 9.17) is 4.84 Å². The fourth-order valence-corrected chi connectivity index (χ4v) is 2.64. The predicted octanol–water partition coefficient (Wildman–Crippen LogP) is 3.00. The molecule has 1 aliphatic heterocycles. The zero-order chi connectivity index (χ0) is 14.8. The summed E-state index contributed by atoms with van der Waals surface area (Å²) in [6, 6.07) is 12.1. The van der Waals surface area contributed by atoms with Gasteiger partial charge in [-0.05, 0) is 12.1 Å². The third-order valence-electron chi connectivity index (χ3n) is 2.82. The van der Waals surface area contributed by atoms with Crippen molar-refractivity contribution in [3.05, 3.63) is 68.6 Å². The van der Waals surface area contributed by atoms with E-state index in [0.717, 1.165) is 16.9 Å². The van der Waals surface area contributed by atoms with Crippen molar-refractivity contribution in [1.29, 1.82) is 0 Å². The van der Waals surface area contributed by atoms with Gasteiger partial charge in [0.15, 0.2) is 0 Å². The van der Waals surface area contributed by atoms with Gasteiger partial charge in [0.05, 0.1) is 10.5 Å². The van der Waals surface area contributed by atoms with Crippen molar-refractivity contribution in [1.82, 2.24) is 0 Å². The van der Waals surface area contributed by atoms with Crippen molar-refractivity contribution in [2.75, 3.05) is 0 Å². The van der Waals surface area contributed by atoms with E-state index >= 15 is 0 Å². The number of oxime groups is 1. The molecule has 0 unspecified atom stereocenters. The van der Waals surface area contributed by atoms with E-state index in [1.807, 2.05) is 30.3 Å². The van der Waals surface area contributed by atoms with Crippen LogP contribution in [0.4, 0.5) is 5.00 Å². The van der Waals surface area contributed by atoms with Gasteiger partial charge < -0.3 is 4.84 Å². The first kappa shape index (κ1) is 13.2. The van der Waals surface area contributed by atoms with Crippen molar-refractivity contribution in [3.63, 3.8) is 0 Å². The highest BCUT2D eigenvalue weighted by Gasteiger charge is 2.27. The Morgan fingerprint density at radius 1 is 1.19 bits per heavy atom. The molecule has 3 rings (SSSR count). The van der Waals surface area contributed by atoms with E-state index < -0.39 is 10.9 Å². The van der Waals surface area contributed by atoms with Gasteiger partial charge in [-0.15, -0.1) is 0 Å². The van der Waals surface area contributed by atoms with Crippen LogP contribution < -0.4 is 0 Å². The highest BCUT2D eigenvalue weighted by molar-refractivity contribution is 7.16. The molecule has 104 valence electrons. The number of carbonyl (C=O) groups excluding carboxylic acids is 1. The number of benzene rings is 1. The normalized spacial score (nSPS) is 15.9. The Morgan fingerprint density at radius 2 is 1.95 bits per heavy atom. The minimum Gasteiger partial charge on any atom is -0.312 e. The van der Waals surface area contributed by atoms with Gasteiger partial charge in [-0.25, -0.2) is 4.79 Å². The highest BCUT2D eigenvalue weighted by atomic mass is 32.1. The van der Waals surface area contributed by atoms with Gasteiger partial charge in [-0.3, -0.25) is 10.1 Å². The molecular weight excluding hydrogens is 292 g/mol. The molecule has 0 aliphatic carbocycles. The second-order valence-corrected chi connectivity index (χ2v) is 5.27. The van der Waals surface area contributed by atoms with E-state index in [9.17, 15) is 14.9 Å². The summed E-state index contributed by atoms with van der Waals surface area (Å²) >= 11 is 0.989. The van der Waals surface area contributed by atoms with Crippen molar-refractivity contribution < 1.29 is 14.6 Å². The van der Waals surface area contributed by atoms with Crippen molar-refractivity contribution >= 4 is 34.1 Å². The van der Waals surface area contributed by atoms with Gasteiger partial charge in [0.2, 0.25) is 0 Å². The lowest BCUT2D eigenvalue weighted by atomic mass is 10.0. The van der Waals surface area contributed by atoms with Crippen LogP contribution in [-0.2, 0) is 9.63 Å². The van der Waals surface area contributed by atoms with Crippen LogP contribution in [0, 0.1) is 10.1 Å². The molecule has 2 aromatic rings. The monoisotopic (exact) mass is 300 g/mol. The molecule has 1 aromatic carbocycles. The van der Waals surface area contributed by atoms with Crippen LogP contribution in [0.1, 0.15) is 10.4 Å². The molecule has 7 heteroatoms. The first-order valence-electron chi connectivity index (χ1n) is 5.96. The van der Waals surface area contributed by atoms with E-state index in [1.54, 1.807) is 12.1 Å². The van der Waals surface area contributed by atoms with Gasteiger partial charge in [0.1, 0.15) is 5.71 Å². The summed E-state index contributed by atoms with van der Waals surface area (Å²) in [5.41, 5.74) is 1.47. The zero-order valence-corrected chi connectivity index (χ0v) is 11.4. The van der Waals surface area contributed by atoms with Gasteiger partial charge >= 0.3 is 11.0 Å². The number of thiophene rings is 1. The summed E-state index contributed by atoms with van der Waals surface area (Å²) in [5.74, 6) is -0.565. The zero-order valence-electron chi connectivity index (χ0n) is 10.6. The molecule has 2 heterocycles. The number of hydrogen-bond donors (Lipinski definition) is 0. The van der Waals surface area contributed by atoms with Gasteiger partial charge in [-0.1, -0.05) is 46.8 Å². The molecule has 0 N–H and O–H groups in total. The van der Waals surface area contributed by atoms with Gasteiger partial charge in [0.25, 0.3) is 0 Å². The second kappa shape index (κ2) is 5.29. The molecule has 1 aliphatic rings. The van der Waals surface area contributed by atoms with Crippen molar-refractivity contribution in [2.45, 2.75) is 0 Å². The SMILES string of the molecule is O=C1ON=C(c2ccccc2)C1=Cc1ccc([N+](=O)[O-])s1. The Balaban J connectivity index is 1.98. The molecule has 0 fully saturated rings. The molecule has 1 aromatic heterocycles. The maximum Gasteiger partial charge on any atom is 0.368 e. The fourth-order valence-electron chi connectivity index (χ4n) is 1.87. The minimum absolute atomic E-state index is 0.0198. The van der Waals surface area contributed by atoms with Crippen LogP contribution in [0.25, 0.3) is 6.08 Å². The third kappa shape index (κ3) is 2.59. The molecule has 0 saturated carbocycles. The molecule has 0 spiro atoms. The van der Waals surface area contributed by atoms with Crippen LogP contribution in [0.5, 0.6) is 0 Å². The second-order valence-electron chi connectivity index (χ2n) is 4.18. The Kier molecular flexibility index (Phi) is 3.33. The Bertz CT molecular complexity index is 777. The number of nitro groups is 1. The largest absolute Gasteiger partial charge is 0.368 e. The van der Waals surface area contributed by atoms with Crippen LogP contribution in [0.15, 0.2) is 53.2 Å². The van der Waals surface area contributed by atoms with Crippen LogP contribution in [0.2, 0.25) is 0 Å². The molecule has 0 amide bonds. The number of carbonyl (C=O) groups is 1. The molecule has 0 radical (unpaired) electrons. The fraction of sp³-hybridized carbons (Fsp3) is 0. The summed E-state index contributed by atoms with van der Waals surface area (Å²) in [6.45, 7) is 0. The van der Waals surface area contributed by atoms with E-state index in [0.29, 0.717) is 10.6 Å². The lowest BCUT2D eigenvalue weighted by Gasteiger charge is -1.98. The lowest BCUT2D eigenvalue weighted by molar-refractivity contribution is -0.380. The summed E-state index contributed by atoms with van der Waals surface area (Å²) in [6.07, 6.45) is 1.55. The summed E-state index contributed by atoms with van der Waals surface area (Å²) in [5, 5.41) is 14.5.